The molecule has 1 aromatic rings. The summed E-state index contributed by atoms with van der Waals surface area (Å²) in [6.07, 6.45) is 0.722. The maximum Gasteiger partial charge on any atom is 0.137 e. The van der Waals surface area contributed by atoms with Crippen molar-refractivity contribution in [3.05, 3.63) is 29.6 Å². The van der Waals surface area contributed by atoms with Crippen LogP contribution in [-0.2, 0) is 11.2 Å². The van der Waals surface area contributed by atoms with Crippen molar-refractivity contribution in [2.75, 3.05) is 26.0 Å². The molecule has 4 heteroatoms. The fourth-order valence-corrected chi connectivity index (χ4v) is 2.05. The molecule has 0 aliphatic rings. The van der Waals surface area contributed by atoms with Gasteiger partial charge in [0.15, 0.2) is 0 Å². The van der Waals surface area contributed by atoms with Crippen molar-refractivity contribution in [2.45, 2.75) is 11.3 Å². The minimum Gasteiger partial charge on any atom is -0.384 e. The van der Waals surface area contributed by atoms with E-state index in [1.165, 1.54) is 11.8 Å². The van der Waals surface area contributed by atoms with Crippen molar-refractivity contribution < 1.29 is 9.13 Å². The van der Waals surface area contributed by atoms with E-state index >= 15 is 0 Å². The fraction of sp³-hybridized carbons (Fsp3) is 0.455. The average molecular weight is 229 g/mol. The molecule has 0 heterocycles. The third-order valence-electron chi connectivity index (χ3n) is 1.97. The number of rotatable bonds is 6. The van der Waals surface area contributed by atoms with Gasteiger partial charge in [0.25, 0.3) is 0 Å². The molecule has 2 N–H and O–H groups in total. The van der Waals surface area contributed by atoms with E-state index in [4.69, 9.17) is 10.5 Å². The van der Waals surface area contributed by atoms with Crippen LogP contribution in [0, 0.1) is 5.82 Å². The summed E-state index contributed by atoms with van der Waals surface area (Å²) in [5.74, 6) is 0.603. The topological polar surface area (TPSA) is 35.2 Å². The number of nitrogens with two attached hydrogens (primary N) is 1. The van der Waals surface area contributed by atoms with Crippen molar-refractivity contribution in [3.63, 3.8) is 0 Å². The van der Waals surface area contributed by atoms with Gasteiger partial charge in [-0.05, 0) is 30.7 Å². The number of thioether (sulfide) groups is 1. The summed E-state index contributed by atoms with van der Waals surface area (Å²) >= 11 is 1.47. The van der Waals surface area contributed by atoms with E-state index < -0.39 is 0 Å². The second-order valence-corrected chi connectivity index (χ2v) is 4.28. The van der Waals surface area contributed by atoms with E-state index in [1.54, 1.807) is 19.2 Å². The van der Waals surface area contributed by atoms with Gasteiger partial charge >= 0.3 is 0 Å². The molecule has 0 aliphatic carbocycles. The standard InChI is InChI=1S/C11H16FNOS/c1-14-6-7-15-11-3-2-9(4-5-13)8-10(11)12/h2-3,8H,4-7,13H2,1H3. The maximum atomic E-state index is 13.5. The summed E-state index contributed by atoms with van der Waals surface area (Å²) in [4.78, 5) is 0.674. The number of hydrogen-bond acceptors (Lipinski definition) is 3. The van der Waals surface area contributed by atoms with Crippen molar-refractivity contribution in [2.24, 2.45) is 5.73 Å². The Morgan fingerprint density at radius 3 is 2.87 bits per heavy atom. The molecule has 0 radical (unpaired) electrons. The Morgan fingerprint density at radius 2 is 2.27 bits per heavy atom. The number of ether oxygens (including phenoxy) is 1. The third kappa shape index (κ3) is 4.20. The Kier molecular flexibility index (Phi) is 5.68. The molecule has 0 bridgehead atoms. The fourth-order valence-electron chi connectivity index (χ4n) is 1.22. The van der Waals surface area contributed by atoms with E-state index in [2.05, 4.69) is 0 Å². The van der Waals surface area contributed by atoms with E-state index in [0.717, 1.165) is 17.7 Å². The molecule has 0 unspecified atom stereocenters. The van der Waals surface area contributed by atoms with E-state index in [0.29, 0.717) is 18.0 Å². The van der Waals surface area contributed by atoms with E-state index in [1.807, 2.05) is 6.07 Å². The highest BCUT2D eigenvalue weighted by Crippen LogP contribution is 2.22. The molecule has 0 aromatic heterocycles. The predicted octanol–water partition coefficient (Wildman–Crippen LogP) is 2.07. The van der Waals surface area contributed by atoms with Gasteiger partial charge in [-0.1, -0.05) is 6.07 Å². The summed E-state index contributed by atoms with van der Waals surface area (Å²) in [7, 11) is 1.64. The van der Waals surface area contributed by atoms with Crippen LogP contribution in [0.5, 0.6) is 0 Å². The second kappa shape index (κ2) is 6.82. The van der Waals surface area contributed by atoms with Crippen LogP contribution < -0.4 is 5.73 Å². The highest BCUT2D eigenvalue weighted by molar-refractivity contribution is 7.99. The minimum atomic E-state index is -0.165. The summed E-state index contributed by atoms with van der Waals surface area (Å²) < 4.78 is 18.4. The first kappa shape index (κ1) is 12.5. The molecule has 2 nitrogen and oxygen atoms in total. The van der Waals surface area contributed by atoms with Crippen LogP contribution in [0.4, 0.5) is 4.39 Å². The van der Waals surface area contributed by atoms with Gasteiger partial charge in [0, 0.05) is 17.8 Å². The first-order chi connectivity index (χ1) is 7.27. The zero-order chi connectivity index (χ0) is 11.1. The lowest BCUT2D eigenvalue weighted by atomic mass is 10.1. The van der Waals surface area contributed by atoms with Gasteiger partial charge in [-0.3, -0.25) is 0 Å². The smallest absolute Gasteiger partial charge is 0.137 e. The lowest BCUT2D eigenvalue weighted by Gasteiger charge is -2.05. The number of halogens is 1. The van der Waals surface area contributed by atoms with Crippen LogP contribution in [0.1, 0.15) is 5.56 Å². The molecule has 0 saturated carbocycles. The van der Waals surface area contributed by atoms with Crippen molar-refractivity contribution in [3.8, 4) is 0 Å². The zero-order valence-corrected chi connectivity index (χ0v) is 9.65. The molecule has 84 valence electrons. The van der Waals surface area contributed by atoms with Crippen LogP contribution >= 0.6 is 11.8 Å². The molecule has 15 heavy (non-hydrogen) atoms. The molecule has 0 amide bonds. The number of hydrogen-bond donors (Lipinski definition) is 1. The summed E-state index contributed by atoms with van der Waals surface area (Å²) in [6.45, 7) is 1.18. The molecule has 0 atom stereocenters. The molecular formula is C11H16FNOS. The Labute approximate surface area is 94.0 Å². The van der Waals surface area contributed by atoms with Crippen LogP contribution in [0.3, 0.4) is 0 Å². The van der Waals surface area contributed by atoms with Crippen LogP contribution in [0.15, 0.2) is 23.1 Å². The summed E-state index contributed by atoms with van der Waals surface area (Å²) in [5, 5.41) is 0. The largest absolute Gasteiger partial charge is 0.384 e. The summed E-state index contributed by atoms with van der Waals surface area (Å²) in [6, 6.07) is 5.29. The van der Waals surface area contributed by atoms with Gasteiger partial charge in [-0.2, -0.15) is 0 Å². The quantitative estimate of drug-likeness (QED) is 0.599. The van der Waals surface area contributed by atoms with Crippen molar-refractivity contribution in [1.82, 2.24) is 0 Å². The Balaban J connectivity index is 2.58. The van der Waals surface area contributed by atoms with Gasteiger partial charge < -0.3 is 10.5 Å². The molecule has 0 fully saturated rings. The Morgan fingerprint density at radius 1 is 1.47 bits per heavy atom. The highest BCUT2D eigenvalue weighted by Gasteiger charge is 2.03. The van der Waals surface area contributed by atoms with Crippen LogP contribution in [0.25, 0.3) is 0 Å². The normalized spacial score (nSPS) is 10.6. The third-order valence-corrected chi connectivity index (χ3v) is 2.99. The van der Waals surface area contributed by atoms with Gasteiger partial charge in [-0.25, -0.2) is 4.39 Å². The molecule has 1 rings (SSSR count). The first-order valence-corrected chi connectivity index (χ1v) is 5.86. The van der Waals surface area contributed by atoms with Crippen LogP contribution in [-0.4, -0.2) is 26.0 Å². The SMILES string of the molecule is COCCSc1ccc(CCN)cc1F. The van der Waals surface area contributed by atoms with Gasteiger partial charge in [0.2, 0.25) is 0 Å². The van der Waals surface area contributed by atoms with Gasteiger partial charge in [0.1, 0.15) is 5.82 Å². The predicted molar refractivity (Wildman–Crippen MR) is 61.8 cm³/mol. The van der Waals surface area contributed by atoms with Crippen LogP contribution in [0.2, 0.25) is 0 Å². The molecule has 1 aromatic carbocycles. The lowest BCUT2D eigenvalue weighted by molar-refractivity contribution is 0.218. The monoisotopic (exact) mass is 229 g/mol. The second-order valence-electron chi connectivity index (χ2n) is 3.14. The van der Waals surface area contributed by atoms with Gasteiger partial charge in [-0.15, -0.1) is 11.8 Å². The molecular weight excluding hydrogens is 213 g/mol. The van der Waals surface area contributed by atoms with Crippen molar-refractivity contribution >= 4 is 11.8 Å². The maximum absolute atomic E-state index is 13.5. The Hall–Kier alpha value is -0.580. The first-order valence-electron chi connectivity index (χ1n) is 4.88. The number of benzene rings is 1. The molecule has 0 spiro atoms. The lowest BCUT2D eigenvalue weighted by Crippen LogP contribution is -2.03. The van der Waals surface area contributed by atoms with Gasteiger partial charge in [0.05, 0.1) is 6.61 Å². The Bertz CT molecular complexity index is 307. The minimum absolute atomic E-state index is 0.165. The number of methoxy groups -OCH3 is 1. The zero-order valence-electron chi connectivity index (χ0n) is 8.83. The highest BCUT2D eigenvalue weighted by atomic mass is 32.2. The molecule has 0 saturated heterocycles. The van der Waals surface area contributed by atoms with Crippen molar-refractivity contribution in [1.29, 1.82) is 0 Å². The summed E-state index contributed by atoms with van der Waals surface area (Å²) in [5.41, 5.74) is 6.35. The molecule has 0 aliphatic heterocycles. The van der Waals surface area contributed by atoms with E-state index in [9.17, 15) is 4.39 Å². The average Bonchev–Trinajstić information content (AvgIpc) is 2.22. The van der Waals surface area contributed by atoms with E-state index in [-0.39, 0.29) is 5.82 Å².